The number of rotatable bonds is 5. The summed E-state index contributed by atoms with van der Waals surface area (Å²) in [5.41, 5.74) is 3.52. The van der Waals surface area contributed by atoms with E-state index in [-0.39, 0.29) is 15.6 Å². The molecular weight excluding hydrogens is 386 g/mol. The molecule has 1 N–H and O–H groups in total. The van der Waals surface area contributed by atoms with Gasteiger partial charge in [-0.15, -0.1) is 5.10 Å². The van der Waals surface area contributed by atoms with Gasteiger partial charge in [0.15, 0.2) is 16.4 Å². The van der Waals surface area contributed by atoms with E-state index in [2.05, 4.69) is 20.4 Å². The van der Waals surface area contributed by atoms with Crippen LogP contribution in [0.1, 0.15) is 18.2 Å². The number of hydrogen-bond donors (Lipinski definition) is 1. The van der Waals surface area contributed by atoms with Crippen LogP contribution in [-0.2, 0) is 16.3 Å². The third-order valence-corrected chi connectivity index (χ3v) is 6.51. The Bertz CT molecular complexity index is 1300. The fraction of sp³-hybridized carbons (Fsp3) is 0.190. The quantitative estimate of drug-likeness (QED) is 0.544. The molecule has 0 atom stereocenters. The molecular formula is C21H21N5O2S. The maximum absolute atomic E-state index is 13.5. The first-order valence-corrected chi connectivity index (χ1v) is 10.8. The monoisotopic (exact) mass is 407 g/mol. The van der Waals surface area contributed by atoms with Gasteiger partial charge in [-0.05, 0) is 49.2 Å². The van der Waals surface area contributed by atoms with Gasteiger partial charge >= 0.3 is 0 Å². The van der Waals surface area contributed by atoms with Crippen molar-refractivity contribution < 1.29 is 8.42 Å². The number of nitrogens with zero attached hydrogens (tertiary/aromatic N) is 4. The summed E-state index contributed by atoms with van der Waals surface area (Å²) in [6.45, 7) is 3.85. The van der Waals surface area contributed by atoms with Gasteiger partial charge in [0.2, 0.25) is 9.84 Å². The van der Waals surface area contributed by atoms with E-state index in [0.29, 0.717) is 12.1 Å². The molecule has 0 aliphatic carbocycles. The second kappa shape index (κ2) is 7.29. The minimum Gasteiger partial charge on any atom is -0.370 e. The molecule has 4 rings (SSSR count). The predicted molar refractivity (Wildman–Crippen MR) is 112 cm³/mol. The van der Waals surface area contributed by atoms with Crippen molar-refractivity contribution in [1.29, 1.82) is 0 Å². The summed E-state index contributed by atoms with van der Waals surface area (Å²) in [5, 5.41) is 7.46. The summed E-state index contributed by atoms with van der Waals surface area (Å²) in [4.78, 5) is 9.10. The third-order valence-electron chi connectivity index (χ3n) is 4.72. The summed E-state index contributed by atoms with van der Waals surface area (Å²) in [5.74, 6) is 0.261. The topological polar surface area (TPSA) is 89.2 Å². The van der Waals surface area contributed by atoms with Crippen molar-refractivity contribution in [3.8, 4) is 11.3 Å². The first kappa shape index (κ1) is 19.1. The van der Waals surface area contributed by atoms with Gasteiger partial charge in [0.1, 0.15) is 0 Å². The first-order valence-electron chi connectivity index (χ1n) is 9.28. The number of aromatic nitrogens is 4. The van der Waals surface area contributed by atoms with Gasteiger partial charge in [-0.25, -0.2) is 17.9 Å². The molecule has 148 valence electrons. The standard InChI is InChI=1S/C21H21N5O2S/c1-4-16-12-18(15-8-6-10-23-13-15)26-21(24-16)19(20(22-3)25-26)29(27,28)17-9-5-7-14(2)11-17/h5-13H,4H2,1-3H3,(H,22,25). The summed E-state index contributed by atoms with van der Waals surface area (Å²) in [6, 6.07) is 12.5. The predicted octanol–water partition coefficient (Wildman–Crippen LogP) is 3.54. The maximum atomic E-state index is 13.5. The highest BCUT2D eigenvalue weighted by Crippen LogP contribution is 2.33. The number of benzene rings is 1. The Balaban J connectivity index is 2.08. The highest BCUT2D eigenvalue weighted by Gasteiger charge is 2.29. The number of nitrogens with one attached hydrogen (secondary N) is 1. The summed E-state index contributed by atoms with van der Waals surface area (Å²) >= 11 is 0. The Labute approximate surface area is 169 Å². The average Bonchev–Trinajstić information content (AvgIpc) is 3.13. The summed E-state index contributed by atoms with van der Waals surface area (Å²) in [7, 11) is -2.18. The zero-order valence-corrected chi connectivity index (χ0v) is 17.2. The molecule has 8 heteroatoms. The normalized spacial score (nSPS) is 11.7. The van der Waals surface area contributed by atoms with Crippen molar-refractivity contribution in [3.05, 3.63) is 66.1 Å². The van der Waals surface area contributed by atoms with Gasteiger partial charge < -0.3 is 5.32 Å². The molecule has 0 amide bonds. The van der Waals surface area contributed by atoms with E-state index in [4.69, 9.17) is 0 Å². The highest BCUT2D eigenvalue weighted by atomic mass is 32.2. The smallest absolute Gasteiger partial charge is 0.214 e. The second-order valence-electron chi connectivity index (χ2n) is 6.71. The van der Waals surface area contributed by atoms with Gasteiger partial charge in [-0.1, -0.05) is 19.1 Å². The van der Waals surface area contributed by atoms with E-state index in [1.165, 1.54) is 0 Å². The number of pyridine rings is 1. The number of hydrogen-bond acceptors (Lipinski definition) is 6. The minimum atomic E-state index is -3.84. The third kappa shape index (κ3) is 3.25. The van der Waals surface area contributed by atoms with E-state index < -0.39 is 9.84 Å². The van der Waals surface area contributed by atoms with Crippen molar-refractivity contribution in [2.45, 2.75) is 30.1 Å². The molecule has 0 aliphatic rings. The average molecular weight is 407 g/mol. The van der Waals surface area contributed by atoms with Crippen molar-refractivity contribution in [2.24, 2.45) is 0 Å². The van der Waals surface area contributed by atoms with Gasteiger partial charge in [0.05, 0.1) is 10.6 Å². The lowest BCUT2D eigenvalue weighted by atomic mass is 10.1. The van der Waals surface area contributed by atoms with E-state index in [0.717, 1.165) is 22.5 Å². The summed E-state index contributed by atoms with van der Waals surface area (Å²) < 4.78 is 28.7. The molecule has 1 aromatic carbocycles. The van der Waals surface area contributed by atoms with Crippen LogP contribution in [0.4, 0.5) is 5.82 Å². The Hall–Kier alpha value is -3.26. The Morgan fingerprint density at radius 3 is 2.62 bits per heavy atom. The van der Waals surface area contributed by atoms with Crippen LogP contribution in [0.3, 0.4) is 0 Å². The molecule has 0 bridgehead atoms. The molecule has 0 aliphatic heterocycles. The van der Waals surface area contributed by atoms with Crippen molar-refractivity contribution in [2.75, 3.05) is 12.4 Å². The van der Waals surface area contributed by atoms with E-state index >= 15 is 0 Å². The molecule has 0 spiro atoms. The van der Waals surface area contributed by atoms with Crippen molar-refractivity contribution in [3.63, 3.8) is 0 Å². The van der Waals surface area contributed by atoms with E-state index in [1.54, 1.807) is 42.2 Å². The lowest BCUT2D eigenvalue weighted by Gasteiger charge is -2.08. The van der Waals surface area contributed by atoms with Crippen LogP contribution in [0.15, 0.2) is 64.6 Å². The van der Waals surface area contributed by atoms with E-state index in [9.17, 15) is 8.42 Å². The number of fused-ring (bicyclic) bond motifs is 1. The van der Waals surface area contributed by atoms with Crippen LogP contribution in [-0.4, -0.2) is 35.0 Å². The molecule has 3 heterocycles. The second-order valence-corrected chi connectivity index (χ2v) is 8.60. The Kier molecular flexibility index (Phi) is 4.79. The molecule has 3 aromatic heterocycles. The van der Waals surface area contributed by atoms with Crippen LogP contribution in [0.5, 0.6) is 0 Å². The lowest BCUT2D eigenvalue weighted by molar-refractivity contribution is 0.597. The molecule has 0 fully saturated rings. The molecule has 0 saturated carbocycles. The molecule has 7 nitrogen and oxygen atoms in total. The van der Waals surface area contributed by atoms with Gasteiger partial charge in [0, 0.05) is 30.7 Å². The van der Waals surface area contributed by atoms with Gasteiger partial charge in [0.25, 0.3) is 0 Å². The van der Waals surface area contributed by atoms with Gasteiger partial charge in [-0.2, -0.15) is 0 Å². The van der Waals surface area contributed by atoms with Gasteiger partial charge in [-0.3, -0.25) is 4.98 Å². The largest absolute Gasteiger partial charge is 0.370 e. The SMILES string of the molecule is CCc1cc(-c2cccnc2)n2nc(NC)c(S(=O)(=O)c3cccc(C)c3)c2n1. The number of aryl methyl sites for hydroxylation is 2. The van der Waals surface area contributed by atoms with Crippen LogP contribution >= 0.6 is 0 Å². The van der Waals surface area contributed by atoms with Crippen molar-refractivity contribution >= 4 is 21.3 Å². The van der Waals surface area contributed by atoms with Crippen LogP contribution in [0.25, 0.3) is 16.9 Å². The lowest BCUT2D eigenvalue weighted by Crippen LogP contribution is -2.06. The first-order chi connectivity index (χ1) is 14.0. The zero-order valence-electron chi connectivity index (χ0n) is 16.4. The fourth-order valence-corrected chi connectivity index (χ4v) is 4.86. The highest BCUT2D eigenvalue weighted by molar-refractivity contribution is 7.91. The molecule has 0 unspecified atom stereocenters. The fourth-order valence-electron chi connectivity index (χ4n) is 3.26. The summed E-state index contributed by atoms with van der Waals surface area (Å²) in [6.07, 6.45) is 4.08. The van der Waals surface area contributed by atoms with Crippen LogP contribution in [0, 0.1) is 6.92 Å². The minimum absolute atomic E-state index is 0.0750. The number of anilines is 1. The van der Waals surface area contributed by atoms with Crippen LogP contribution in [0.2, 0.25) is 0 Å². The Morgan fingerprint density at radius 2 is 1.97 bits per heavy atom. The molecule has 0 saturated heterocycles. The van der Waals surface area contributed by atoms with E-state index in [1.807, 2.05) is 38.1 Å². The number of sulfone groups is 1. The van der Waals surface area contributed by atoms with Crippen LogP contribution < -0.4 is 5.32 Å². The van der Waals surface area contributed by atoms with Crippen molar-refractivity contribution in [1.82, 2.24) is 19.6 Å². The maximum Gasteiger partial charge on any atom is 0.214 e. The molecule has 0 radical (unpaired) electrons. The molecule has 29 heavy (non-hydrogen) atoms. The zero-order chi connectivity index (χ0) is 20.6. The Morgan fingerprint density at radius 1 is 1.14 bits per heavy atom. The molecule has 4 aromatic rings.